The minimum Gasteiger partial charge on any atom is -0.508 e. The first-order valence-electron chi connectivity index (χ1n) is 5.39. The molecule has 88 valence electrons. The molecule has 0 unspecified atom stereocenters. The molecule has 2 heterocycles. The average molecular weight is 294 g/mol. The van der Waals surface area contributed by atoms with E-state index in [-0.39, 0.29) is 5.75 Å². The molecule has 1 aromatic carbocycles. The summed E-state index contributed by atoms with van der Waals surface area (Å²) in [5.41, 5.74) is 3.20. The van der Waals surface area contributed by atoms with Gasteiger partial charge >= 0.3 is 0 Å². The van der Waals surface area contributed by atoms with Crippen LogP contribution >= 0.6 is 15.9 Å². The Kier molecular flexibility index (Phi) is 2.45. The van der Waals surface area contributed by atoms with Gasteiger partial charge in [0.05, 0.1) is 11.4 Å². The van der Waals surface area contributed by atoms with Crippen LogP contribution in [0.3, 0.4) is 0 Å². The van der Waals surface area contributed by atoms with Crippen molar-refractivity contribution in [1.82, 2.24) is 14.7 Å². The van der Waals surface area contributed by atoms with Crippen molar-refractivity contribution in [2.45, 2.75) is 13.1 Å². The molecule has 0 bridgehead atoms. The van der Waals surface area contributed by atoms with Crippen molar-refractivity contribution in [2.75, 3.05) is 7.05 Å². The van der Waals surface area contributed by atoms with Gasteiger partial charge < -0.3 is 5.11 Å². The fourth-order valence-electron chi connectivity index (χ4n) is 2.13. The molecule has 1 N–H and O–H groups in total. The zero-order valence-electron chi connectivity index (χ0n) is 9.39. The van der Waals surface area contributed by atoms with E-state index in [1.807, 2.05) is 16.8 Å². The maximum absolute atomic E-state index is 9.49. The predicted octanol–water partition coefficient (Wildman–Crippen LogP) is 2.29. The van der Waals surface area contributed by atoms with Gasteiger partial charge in [0, 0.05) is 24.7 Å². The van der Waals surface area contributed by atoms with Crippen LogP contribution in [-0.4, -0.2) is 26.8 Å². The van der Waals surface area contributed by atoms with E-state index in [1.54, 1.807) is 12.1 Å². The van der Waals surface area contributed by atoms with Crippen molar-refractivity contribution in [3.63, 3.8) is 0 Å². The van der Waals surface area contributed by atoms with Gasteiger partial charge in [0.1, 0.15) is 10.4 Å². The van der Waals surface area contributed by atoms with Gasteiger partial charge in [-0.25, -0.2) is 4.68 Å². The van der Waals surface area contributed by atoms with E-state index in [4.69, 9.17) is 0 Å². The summed E-state index contributed by atoms with van der Waals surface area (Å²) in [6.07, 6.45) is 0. The number of hydrogen-bond acceptors (Lipinski definition) is 3. The lowest BCUT2D eigenvalue weighted by Gasteiger charge is -2.08. The number of nitrogens with zero attached hydrogens (tertiary/aromatic N) is 3. The van der Waals surface area contributed by atoms with Gasteiger partial charge in [0.25, 0.3) is 0 Å². The minimum atomic E-state index is 0.252. The molecule has 1 aliphatic heterocycles. The molecule has 0 amide bonds. The van der Waals surface area contributed by atoms with E-state index in [1.165, 1.54) is 5.56 Å². The van der Waals surface area contributed by atoms with Crippen LogP contribution < -0.4 is 0 Å². The highest BCUT2D eigenvalue weighted by Gasteiger charge is 2.24. The van der Waals surface area contributed by atoms with Crippen molar-refractivity contribution in [1.29, 1.82) is 0 Å². The van der Waals surface area contributed by atoms with Gasteiger partial charge in [0.2, 0.25) is 0 Å². The summed E-state index contributed by atoms with van der Waals surface area (Å²) < 4.78 is 2.81. The van der Waals surface area contributed by atoms with Crippen LogP contribution in [0, 0.1) is 0 Å². The third-order valence-electron chi connectivity index (χ3n) is 2.93. The molecular formula is C12H12BrN3O. The maximum atomic E-state index is 9.49. The van der Waals surface area contributed by atoms with Crippen LogP contribution in [0.1, 0.15) is 11.3 Å². The number of benzene rings is 1. The smallest absolute Gasteiger partial charge is 0.117 e. The molecular weight excluding hydrogens is 282 g/mol. The number of rotatable bonds is 1. The Morgan fingerprint density at radius 1 is 1.35 bits per heavy atom. The third kappa shape index (κ3) is 1.75. The Bertz CT molecular complexity index is 579. The summed E-state index contributed by atoms with van der Waals surface area (Å²) in [7, 11) is 2.08. The SMILES string of the molecule is CN1Cc2nn(-c3cccc(O)c3)c(Br)c2C1. The van der Waals surface area contributed by atoms with Crippen LogP contribution in [0.2, 0.25) is 0 Å². The molecule has 1 aromatic heterocycles. The van der Waals surface area contributed by atoms with Crippen LogP contribution in [0.25, 0.3) is 5.69 Å². The van der Waals surface area contributed by atoms with E-state index in [2.05, 4.69) is 33.0 Å². The molecule has 1 aliphatic rings. The molecule has 4 nitrogen and oxygen atoms in total. The molecule has 5 heteroatoms. The molecule has 17 heavy (non-hydrogen) atoms. The number of hydrogen-bond donors (Lipinski definition) is 1. The Labute approximate surface area is 108 Å². The number of aromatic nitrogens is 2. The first kappa shape index (κ1) is 10.8. The van der Waals surface area contributed by atoms with E-state index in [0.29, 0.717) is 0 Å². The van der Waals surface area contributed by atoms with Crippen molar-refractivity contribution in [3.8, 4) is 11.4 Å². The lowest BCUT2D eigenvalue weighted by molar-refractivity contribution is 0.346. The number of fused-ring (bicyclic) bond motifs is 1. The largest absolute Gasteiger partial charge is 0.508 e. The van der Waals surface area contributed by atoms with Crippen LogP contribution in [0.5, 0.6) is 5.75 Å². The van der Waals surface area contributed by atoms with Gasteiger partial charge in [-0.15, -0.1) is 0 Å². The molecule has 0 fully saturated rings. The van der Waals surface area contributed by atoms with Gasteiger partial charge in [-0.2, -0.15) is 5.10 Å². The standard InChI is InChI=1S/C12H12BrN3O/c1-15-6-10-11(7-15)14-16(12(10)13)8-3-2-4-9(17)5-8/h2-5,17H,6-7H2,1H3. The van der Waals surface area contributed by atoms with Crippen molar-refractivity contribution in [3.05, 3.63) is 40.1 Å². The summed E-state index contributed by atoms with van der Waals surface area (Å²) in [6.45, 7) is 1.79. The fourth-order valence-corrected chi connectivity index (χ4v) is 2.77. The Hall–Kier alpha value is -1.33. The van der Waals surface area contributed by atoms with Crippen molar-refractivity contribution < 1.29 is 5.11 Å². The fraction of sp³-hybridized carbons (Fsp3) is 0.250. The highest BCUT2D eigenvalue weighted by molar-refractivity contribution is 9.10. The van der Waals surface area contributed by atoms with Crippen LogP contribution in [0.15, 0.2) is 28.9 Å². The van der Waals surface area contributed by atoms with E-state index in [0.717, 1.165) is 29.1 Å². The number of halogens is 1. The summed E-state index contributed by atoms with van der Waals surface area (Å²) in [4.78, 5) is 2.22. The average Bonchev–Trinajstić information content (AvgIpc) is 2.78. The summed E-state index contributed by atoms with van der Waals surface area (Å²) in [5.74, 6) is 0.252. The first-order valence-corrected chi connectivity index (χ1v) is 6.18. The molecule has 0 spiro atoms. The molecule has 2 aromatic rings. The lowest BCUT2D eigenvalue weighted by Crippen LogP contribution is -2.10. The second-order valence-corrected chi connectivity index (χ2v) is 5.07. The van der Waals surface area contributed by atoms with E-state index in [9.17, 15) is 5.11 Å². The third-order valence-corrected chi connectivity index (χ3v) is 3.74. The highest BCUT2D eigenvalue weighted by atomic mass is 79.9. The van der Waals surface area contributed by atoms with E-state index < -0.39 is 0 Å². The highest BCUT2D eigenvalue weighted by Crippen LogP contribution is 2.30. The molecule has 0 saturated heterocycles. The maximum Gasteiger partial charge on any atom is 0.117 e. The Morgan fingerprint density at radius 2 is 2.18 bits per heavy atom. The molecule has 3 rings (SSSR count). The van der Waals surface area contributed by atoms with Gasteiger partial charge in [-0.1, -0.05) is 6.07 Å². The molecule has 0 saturated carbocycles. The first-order chi connectivity index (χ1) is 8.15. The van der Waals surface area contributed by atoms with Crippen molar-refractivity contribution in [2.24, 2.45) is 0 Å². The quantitative estimate of drug-likeness (QED) is 0.877. The van der Waals surface area contributed by atoms with Gasteiger partial charge in [-0.3, -0.25) is 4.90 Å². The topological polar surface area (TPSA) is 41.3 Å². The second kappa shape index (κ2) is 3.85. The summed E-state index contributed by atoms with van der Waals surface area (Å²) >= 11 is 3.58. The monoisotopic (exact) mass is 293 g/mol. The minimum absolute atomic E-state index is 0.252. The number of phenolic OH excluding ortho intramolecular Hbond substituents is 1. The van der Waals surface area contributed by atoms with Crippen LogP contribution in [-0.2, 0) is 13.1 Å². The van der Waals surface area contributed by atoms with Crippen molar-refractivity contribution >= 4 is 15.9 Å². The van der Waals surface area contributed by atoms with Gasteiger partial charge in [0.15, 0.2) is 0 Å². The zero-order valence-corrected chi connectivity index (χ0v) is 11.0. The zero-order chi connectivity index (χ0) is 12.0. The second-order valence-electron chi connectivity index (χ2n) is 4.32. The number of phenols is 1. The molecule has 0 atom stereocenters. The summed E-state index contributed by atoms with van der Waals surface area (Å²) in [5, 5.41) is 14.1. The normalized spacial score (nSPS) is 15.2. The molecule has 0 radical (unpaired) electrons. The Balaban J connectivity index is 2.09. The van der Waals surface area contributed by atoms with Crippen LogP contribution in [0.4, 0.5) is 0 Å². The van der Waals surface area contributed by atoms with E-state index >= 15 is 0 Å². The Morgan fingerprint density at radius 3 is 2.88 bits per heavy atom. The number of aromatic hydroxyl groups is 1. The molecule has 0 aliphatic carbocycles. The lowest BCUT2D eigenvalue weighted by atomic mass is 10.3. The predicted molar refractivity (Wildman–Crippen MR) is 68.1 cm³/mol. The van der Waals surface area contributed by atoms with Gasteiger partial charge in [-0.05, 0) is 35.1 Å². The summed E-state index contributed by atoms with van der Waals surface area (Å²) in [6, 6.07) is 7.10.